The monoisotopic (exact) mass is 153 g/mol. The van der Waals surface area contributed by atoms with Crippen LogP contribution in [0.5, 0.6) is 0 Å². The van der Waals surface area contributed by atoms with E-state index in [0.717, 1.165) is 18.5 Å². The van der Waals surface area contributed by atoms with Gasteiger partial charge in [0.05, 0.1) is 12.0 Å². The predicted octanol–water partition coefficient (Wildman–Crippen LogP) is 0.831. The van der Waals surface area contributed by atoms with Gasteiger partial charge in [-0.15, -0.1) is 0 Å². The largest absolute Gasteiger partial charge is 0.337 e. The Labute approximate surface area is 67.2 Å². The second-order valence-corrected chi connectivity index (χ2v) is 2.70. The third-order valence-corrected chi connectivity index (χ3v) is 1.83. The molecule has 11 heavy (non-hydrogen) atoms. The molecule has 0 atom stereocenters. The fourth-order valence-electron chi connectivity index (χ4n) is 1.23. The average molecular weight is 153 g/mol. The molecule has 1 aromatic heterocycles. The highest BCUT2D eigenvalue weighted by atomic mass is 15.0. The summed E-state index contributed by atoms with van der Waals surface area (Å²) < 4.78 is 2.05. The molecule has 0 spiro atoms. The number of nitrogens with two attached hydrogens (primary N) is 1. The lowest BCUT2D eigenvalue weighted by Gasteiger charge is -2.01. The van der Waals surface area contributed by atoms with E-state index < -0.39 is 0 Å². The normalized spacial score (nSPS) is 10.5. The molecular formula is C8H15N3. The van der Waals surface area contributed by atoms with Crippen molar-refractivity contribution >= 4 is 0 Å². The molecule has 0 radical (unpaired) electrons. The van der Waals surface area contributed by atoms with Gasteiger partial charge in [-0.3, -0.25) is 0 Å². The Morgan fingerprint density at radius 2 is 2.36 bits per heavy atom. The van der Waals surface area contributed by atoms with Crippen molar-refractivity contribution in [3.63, 3.8) is 0 Å². The standard InChI is InChI=1S/C8H15N3/c1-3-4-8-7(5-9)10-6-11(8)2/h6H,3-5,9H2,1-2H3. The van der Waals surface area contributed by atoms with Crippen LogP contribution in [0, 0.1) is 0 Å². The smallest absolute Gasteiger partial charge is 0.0949 e. The number of hydrogen-bond donors (Lipinski definition) is 1. The minimum absolute atomic E-state index is 0.552. The summed E-state index contributed by atoms with van der Waals surface area (Å²) in [5.74, 6) is 0. The Kier molecular flexibility index (Phi) is 2.65. The first-order valence-electron chi connectivity index (χ1n) is 3.98. The molecule has 0 amide bonds. The van der Waals surface area contributed by atoms with E-state index in [1.165, 1.54) is 5.69 Å². The molecule has 1 heterocycles. The van der Waals surface area contributed by atoms with E-state index in [-0.39, 0.29) is 0 Å². The van der Waals surface area contributed by atoms with Gasteiger partial charge >= 0.3 is 0 Å². The van der Waals surface area contributed by atoms with Crippen LogP contribution in [-0.2, 0) is 20.0 Å². The third-order valence-electron chi connectivity index (χ3n) is 1.83. The molecule has 0 aromatic carbocycles. The van der Waals surface area contributed by atoms with E-state index in [1.807, 2.05) is 17.9 Å². The second kappa shape index (κ2) is 3.53. The fraction of sp³-hybridized carbons (Fsp3) is 0.625. The van der Waals surface area contributed by atoms with Crippen molar-refractivity contribution in [2.45, 2.75) is 26.3 Å². The first-order chi connectivity index (χ1) is 5.29. The van der Waals surface area contributed by atoms with E-state index in [4.69, 9.17) is 5.73 Å². The minimum Gasteiger partial charge on any atom is -0.337 e. The van der Waals surface area contributed by atoms with Gasteiger partial charge in [0.2, 0.25) is 0 Å². The lowest BCUT2D eigenvalue weighted by atomic mass is 10.2. The molecule has 0 aliphatic carbocycles. The molecule has 1 aromatic rings. The maximum atomic E-state index is 5.52. The highest BCUT2D eigenvalue weighted by molar-refractivity contribution is 5.12. The molecular weight excluding hydrogens is 138 g/mol. The van der Waals surface area contributed by atoms with Crippen LogP contribution in [0.15, 0.2) is 6.33 Å². The average Bonchev–Trinajstić information content (AvgIpc) is 2.34. The van der Waals surface area contributed by atoms with E-state index in [2.05, 4.69) is 11.9 Å². The van der Waals surface area contributed by atoms with Crippen molar-refractivity contribution in [3.8, 4) is 0 Å². The molecule has 1 rings (SSSR count). The van der Waals surface area contributed by atoms with E-state index in [9.17, 15) is 0 Å². The molecule has 0 aliphatic rings. The number of nitrogens with zero attached hydrogens (tertiary/aromatic N) is 2. The summed E-state index contributed by atoms with van der Waals surface area (Å²) in [6, 6.07) is 0. The fourth-order valence-corrected chi connectivity index (χ4v) is 1.23. The van der Waals surface area contributed by atoms with Gasteiger partial charge in [0, 0.05) is 19.3 Å². The van der Waals surface area contributed by atoms with Gasteiger partial charge < -0.3 is 10.3 Å². The van der Waals surface area contributed by atoms with Gasteiger partial charge in [-0.05, 0) is 6.42 Å². The van der Waals surface area contributed by atoms with Crippen LogP contribution < -0.4 is 5.73 Å². The van der Waals surface area contributed by atoms with Crippen LogP contribution in [0.2, 0.25) is 0 Å². The molecule has 0 fully saturated rings. The SMILES string of the molecule is CCCc1c(CN)ncn1C. The first-order valence-corrected chi connectivity index (χ1v) is 3.98. The van der Waals surface area contributed by atoms with Crippen LogP contribution in [-0.4, -0.2) is 9.55 Å². The summed E-state index contributed by atoms with van der Waals surface area (Å²) in [6.07, 6.45) is 4.04. The van der Waals surface area contributed by atoms with E-state index in [1.54, 1.807) is 0 Å². The van der Waals surface area contributed by atoms with E-state index >= 15 is 0 Å². The van der Waals surface area contributed by atoms with Crippen molar-refractivity contribution < 1.29 is 0 Å². The number of hydrogen-bond acceptors (Lipinski definition) is 2. The summed E-state index contributed by atoms with van der Waals surface area (Å²) in [5.41, 5.74) is 7.83. The molecule has 3 nitrogen and oxygen atoms in total. The maximum absolute atomic E-state index is 5.52. The van der Waals surface area contributed by atoms with Crippen molar-refractivity contribution in [1.29, 1.82) is 0 Å². The summed E-state index contributed by atoms with van der Waals surface area (Å²) in [7, 11) is 2.01. The molecule has 0 saturated carbocycles. The third kappa shape index (κ3) is 1.60. The van der Waals surface area contributed by atoms with Gasteiger partial charge in [0.1, 0.15) is 0 Å². The Morgan fingerprint density at radius 3 is 2.91 bits per heavy atom. The Balaban J connectivity index is 2.88. The molecule has 0 unspecified atom stereocenters. The lowest BCUT2D eigenvalue weighted by Crippen LogP contribution is -2.03. The minimum atomic E-state index is 0.552. The summed E-state index contributed by atoms with van der Waals surface area (Å²) in [6.45, 7) is 2.71. The lowest BCUT2D eigenvalue weighted by molar-refractivity contribution is 0.773. The van der Waals surface area contributed by atoms with Crippen molar-refractivity contribution in [2.24, 2.45) is 12.8 Å². The zero-order valence-corrected chi connectivity index (χ0v) is 7.17. The highest BCUT2D eigenvalue weighted by Crippen LogP contribution is 2.07. The Hall–Kier alpha value is -0.830. The summed E-state index contributed by atoms with van der Waals surface area (Å²) >= 11 is 0. The summed E-state index contributed by atoms with van der Waals surface area (Å²) in [5, 5.41) is 0. The number of rotatable bonds is 3. The van der Waals surface area contributed by atoms with Crippen molar-refractivity contribution in [2.75, 3.05) is 0 Å². The quantitative estimate of drug-likeness (QED) is 0.699. The van der Waals surface area contributed by atoms with E-state index in [0.29, 0.717) is 6.54 Å². The molecule has 3 heteroatoms. The van der Waals surface area contributed by atoms with Gasteiger partial charge in [-0.25, -0.2) is 4.98 Å². The Morgan fingerprint density at radius 1 is 1.64 bits per heavy atom. The second-order valence-electron chi connectivity index (χ2n) is 2.70. The topological polar surface area (TPSA) is 43.8 Å². The zero-order valence-electron chi connectivity index (χ0n) is 7.17. The molecule has 62 valence electrons. The van der Waals surface area contributed by atoms with Gasteiger partial charge in [-0.2, -0.15) is 0 Å². The van der Waals surface area contributed by atoms with Gasteiger partial charge in [0.25, 0.3) is 0 Å². The number of aromatic nitrogens is 2. The van der Waals surface area contributed by atoms with Crippen LogP contribution >= 0.6 is 0 Å². The molecule has 0 aliphatic heterocycles. The summed E-state index contributed by atoms with van der Waals surface area (Å²) in [4.78, 5) is 4.19. The number of aryl methyl sites for hydroxylation is 1. The van der Waals surface area contributed by atoms with Gasteiger partial charge in [0.15, 0.2) is 0 Å². The van der Waals surface area contributed by atoms with Crippen LogP contribution in [0.4, 0.5) is 0 Å². The molecule has 0 bridgehead atoms. The van der Waals surface area contributed by atoms with Crippen molar-refractivity contribution in [1.82, 2.24) is 9.55 Å². The van der Waals surface area contributed by atoms with Crippen LogP contribution in [0.1, 0.15) is 24.7 Å². The predicted molar refractivity (Wildman–Crippen MR) is 45.1 cm³/mol. The molecule has 2 N–H and O–H groups in total. The number of imidazole rings is 1. The highest BCUT2D eigenvalue weighted by Gasteiger charge is 2.04. The van der Waals surface area contributed by atoms with Crippen LogP contribution in [0.3, 0.4) is 0 Å². The van der Waals surface area contributed by atoms with Crippen LogP contribution in [0.25, 0.3) is 0 Å². The van der Waals surface area contributed by atoms with Gasteiger partial charge in [-0.1, -0.05) is 13.3 Å². The first kappa shape index (κ1) is 8.27. The van der Waals surface area contributed by atoms with Crippen molar-refractivity contribution in [3.05, 3.63) is 17.7 Å². The zero-order chi connectivity index (χ0) is 8.27. The maximum Gasteiger partial charge on any atom is 0.0949 e. The Bertz CT molecular complexity index is 227. The molecule has 0 saturated heterocycles.